The van der Waals surface area contributed by atoms with Gasteiger partial charge in [-0.1, -0.05) is 12.1 Å². The van der Waals surface area contributed by atoms with Gasteiger partial charge in [0.15, 0.2) is 0 Å². The summed E-state index contributed by atoms with van der Waals surface area (Å²) in [6, 6.07) is 10.0. The lowest BCUT2D eigenvalue weighted by Crippen LogP contribution is -2.35. The van der Waals surface area contributed by atoms with Gasteiger partial charge in [0.1, 0.15) is 5.69 Å². The molecule has 1 aromatic heterocycles. The van der Waals surface area contributed by atoms with Gasteiger partial charge in [0.25, 0.3) is 5.56 Å². The van der Waals surface area contributed by atoms with Crippen LogP contribution in [0.3, 0.4) is 0 Å². The van der Waals surface area contributed by atoms with Gasteiger partial charge in [-0.3, -0.25) is 9.00 Å². The molecule has 0 bridgehead atoms. The van der Waals surface area contributed by atoms with Gasteiger partial charge in [-0.25, -0.2) is 4.79 Å². The Morgan fingerprint density at radius 3 is 2.46 bits per heavy atom. The maximum atomic E-state index is 12.4. The number of hydrogen-bond acceptors (Lipinski definition) is 3. The van der Waals surface area contributed by atoms with Gasteiger partial charge >= 0.3 is 6.03 Å². The van der Waals surface area contributed by atoms with Crippen LogP contribution >= 0.6 is 0 Å². The molecular formula is C17H21N3O3S. The second kappa shape index (κ2) is 7.44. The molecule has 2 rings (SSSR count). The molecule has 0 saturated carbocycles. The Morgan fingerprint density at radius 2 is 1.88 bits per heavy atom. The molecule has 1 aromatic carbocycles. The van der Waals surface area contributed by atoms with Crippen molar-refractivity contribution in [1.29, 1.82) is 0 Å². The summed E-state index contributed by atoms with van der Waals surface area (Å²) in [5, 5.41) is 2.64. The lowest BCUT2D eigenvalue weighted by atomic mass is 10.1. The summed E-state index contributed by atoms with van der Waals surface area (Å²) in [5.41, 5.74) is 0.894. The number of aryl methyl sites for hydroxylation is 1. The summed E-state index contributed by atoms with van der Waals surface area (Å²) in [6.07, 6.45) is 3.25. The van der Waals surface area contributed by atoms with Crippen molar-refractivity contribution < 1.29 is 9.00 Å². The monoisotopic (exact) mass is 347 g/mol. The Bertz CT molecular complexity index is 815. The smallest absolute Gasteiger partial charge is 0.321 e. The van der Waals surface area contributed by atoms with E-state index in [1.54, 1.807) is 50.8 Å². The minimum absolute atomic E-state index is 0.197. The van der Waals surface area contributed by atoms with Crippen LogP contribution < -0.4 is 10.9 Å². The summed E-state index contributed by atoms with van der Waals surface area (Å²) < 4.78 is 12.8. The number of hydrogen-bond donors (Lipinski definition) is 1. The highest BCUT2D eigenvalue weighted by molar-refractivity contribution is 7.84. The lowest BCUT2D eigenvalue weighted by Gasteiger charge is -2.25. The number of rotatable bonds is 4. The molecule has 0 aliphatic rings. The lowest BCUT2D eigenvalue weighted by molar-refractivity contribution is 0.208. The van der Waals surface area contributed by atoms with Crippen molar-refractivity contribution in [1.82, 2.24) is 9.47 Å². The molecular weight excluding hydrogens is 326 g/mol. The van der Waals surface area contributed by atoms with Crippen LogP contribution in [0.4, 0.5) is 10.5 Å². The van der Waals surface area contributed by atoms with E-state index in [1.165, 1.54) is 9.47 Å². The first-order valence-corrected chi connectivity index (χ1v) is 9.00. The Morgan fingerprint density at radius 1 is 1.25 bits per heavy atom. The van der Waals surface area contributed by atoms with Gasteiger partial charge < -0.3 is 14.8 Å². The number of benzene rings is 1. The summed E-state index contributed by atoms with van der Waals surface area (Å²) in [5.74, 6) is 0. The SMILES string of the molecule is C[C@@H](c1ccc([S@@](C)=O)cc1)N(C)C(=O)Nc1cccn(C)c1=O. The molecule has 0 saturated heterocycles. The van der Waals surface area contributed by atoms with Gasteiger partial charge in [-0.2, -0.15) is 0 Å². The predicted molar refractivity (Wildman–Crippen MR) is 95.7 cm³/mol. The van der Waals surface area contributed by atoms with E-state index < -0.39 is 10.8 Å². The van der Waals surface area contributed by atoms with Gasteiger partial charge in [0.05, 0.1) is 6.04 Å². The molecule has 2 atom stereocenters. The molecule has 0 fully saturated rings. The minimum atomic E-state index is -1.03. The molecule has 0 radical (unpaired) electrons. The van der Waals surface area contributed by atoms with Crippen molar-refractivity contribution in [2.24, 2.45) is 7.05 Å². The van der Waals surface area contributed by atoms with E-state index in [4.69, 9.17) is 0 Å². The minimum Gasteiger partial charge on any atom is -0.321 e. The van der Waals surface area contributed by atoms with Crippen LogP contribution in [-0.2, 0) is 17.8 Å². The number of pyridine rings is 1. The molecule has 0 spiro atoms. The maximum absolute atomic E-state index is 12.4. The standard InChI is InChI=1S/C17H21N3O3S/c1-12(13-7-9-14(10-8-13)24(4)23)20(3)17(22)18-15-6-5-11-19(2)16(15)21/h5-12H,1-4H3,(H,18,22)/t12-,24+/m0/s1. The van der Waals surface area contributed by atoms with Crippen LogP contribution in [0.1, 0.15) is 18.5 Å². The molecule has 0 aliphatic heterocycles. The molecule has 1 N–H and O–H groups in total. The molecule has 1 heterocycles. The van der Waals surface area contributed by atoms with E-state index in [0.717, 1.165) is 10.5 Å². The number of amides is 2. The topological polar surface area (TPSA) is 71.4 Å². The van der Waals surface area contributed by atoms with Crippen molar-refractivity contribution >= 4 is 22.5 Å². The first-order chi connectivity index (χ1) is 11.3. The molecule has 2 amide bonds. The third kappa shape index (κ3) is 3.91. The van der Waals surface area contributed by atoms with E-state index in [-0.39, 0.29) is 23.3 Å². The Balaban J connectivity index is 2.13. The van der Waals surface area contributed by atoms with E-state index in [0.29, 0.717) is 0 Å². The van der Waals surface area contributed by atoms with Crippen LogP contribution in [-0.4, -0.2) is 33.0 Å². The molecule has 24 heavy (non-hydrogen) atoms. The zero-order valence-corrected chi connectivity index (χ0v) is 15.0. The first-order valence-electron chi connectivity index (χ1n) is 7.44. The van der Waals surface area contributed by atoms with E-state index in [1.807, 2.05) is 19.1 Å². The van der Waals surface area contributed by atoms with Crippen LogP contribution in [0.25, 0.3) is 0 Å². The van der Waals surface area contributed by atoms with Gasteiger partial charge in [-0.15, -0.1) is 0 Å². The summed E-state index contributed by atoms with van der Waals surface area (Å²) in [6.45, 7) is 1.89. The van der Waals surface area contributed by atoms with Crippen LogP contribution in [0, 0.1) is 0 Å². The van der Waals surface area contributed by atoms with Gasteiger partial charge in [0.2, 0.25) is 0 Å². The molecule has 7 heteroatoms. The van der Waals surface area contributed by atoms with Gasteiger partial charge in [0, 0.05) is 42.2 Å². The van der Waals surface area contributed by atoms with Crippen LogP contribution in [0.15, 0.2) is 52.3 Å². The summed E-state index contributed by atoms with van der Waals surface area (Å²) in [7, 11) is 2.26. The fourth-order valence-corrected chi connectivity index (χ4v) is 2.75. The maximum Gasteiger partial charge on any atom is 0.322 e. The number of urea groups is 1. The highest BCUT2D eigenvalue weighted by Gasteiger charge is 2.18. The fourth-order valence-electron chi connectivity index (χ4n) is 2.23. The summed E-state index contributed by atoms with van der Waals surface area (Å²) >= 11 is 0. The Hall–Kier alpha value is -2.41. The molecule has 0 aliphatic carbocycles. The van der Waals surface area contributed by atoms with Crippen molar-refractivity contribution in [3.05, 3.63) is 58.5 Å². The predicted octanol–water partition coefficient (Wildman–Crippen LogP) is 2.35. The van der Waals surface area contributed by atoms with Crippen LogP contribution in [0.2, 0.25) is 0 Å². The van der Waals surface area contributed by atoms with E-state index in [2.05, 4.69) is 5.32 Å². The average Bonchev–Trinajstić information content (AvgIpc) is 2.57. The fraction of sp³-hybridized carbons (Fsp3) is 0.294. The Kier molecular flexibility index (Phi) is 5.56. The third-order valence-electron chi connectivity index (χ3n) is 3.96. The second-order valence-corrected chi connectivity index (χ2v) is 6.96. The molecule has 2 aromatic rings. The van der Waals surface area contributed by atoms with Crippen molar-refractivity contribution in [3.63, 3.8) is 0 Å². The van der Waals surface area contributed by atoms with Crippen molar-refractivity contribution in [2.75, 3.05) is 18.6 Å². The number of carbonyl (C=O) groups is 1. The number of carbonyl (C=O) groups excluding carboxylic acids is 1. The highest BCUT2D eigenvalue weighted by atomic mass is 32.2. The number of anilines is 1. The van der Waals surface area contributed by atoms with Gasteiger partial charge in [-0.05, 0) is 36.8 Å². The number of nitrogens with zero attached hydrogens (tertiary/aromatic N) is 2. The van der Waals surface area contributed by atoms with Crippen molar-refractivity contribution in [2.45, 2.75) is 17.9 Å². The largest absolute Gasteiger partial charge is 0.322 e. The number of aromatic nitrogens is 1. The zero-order valence-electron chi connectivity index (χ0n) is 14.1. The molecule has 0 unspecified atom stereocenters. The average molecular weight is 347 g/mol. The highest BCUT2D eigenvalue weighted by Crippen LogP contribution is 2.20. The second-order valence-electron chi connectivity index (χ2n) is 5.58. The zero-order chi connectivity index (χ0) is 17.9. The normalized spacial score (nSPS) is 13.2. The molecule has 6 nitrogen and oxygen atoms in total. The quantitative estimate of drug-likeness (QED) is 0.923. The van der Waals surface area contributed by atoms with E-state index >= 15 is 0 Å². The molecule has 128 valence electrons. The number of nitrogens with one attached hydrogen (secondary N) is 1. The first kappa shape index (κ1) is 17.9. The van der Waals surface area contributed by atoms with E-state index in [9.17, 15) is 13.8 Å². The summed E-state index contributed by atoms with van der Waals surface area (Å²) in [4.78, 5) is 26.6. The third-order valence-corrected chi connectivity index (χ3v) is 4.90. The van der Waals surface area contributed by atoms with Crippen molar-refractivity contribution in [3.8, 4) is 0 Å². The van der Waals surface area contributed by atoms with Crippen LogP contribution in [0.5, 0.6) is 0 Å². The Labute approximate surface area is 143 Å².